The number of aromatic nitrogens is 2. The summed E-state index contributed by atoms with van der Waals surface area (Å²) in [5.41, 5.74) is 1.73. The molecule has 3 heterocycles. The van der Waals surface area contributed by atoms with Crippen molar-refractivity contribution in [3.05, 3.63) is 72.6 Å². The summed E-state index contributed by atoms with van der Waals surface area (Å²) in [5, 5.41) is 4.31. The Balaban J connectivity index is 1.07. The molecular weight excluding hydrogens is 450 g/mol. The molecule has 1 aromatic heterocycles. The Morgan fingerprint density at radius 3 is 2.34 bits per heavy atom. The second kappa shape index (κ2) is 10.6. The molecule has 0 bridgehead atoms. The van der Waals surface area contributed by atoms with Gasteiger partial charge in [0.1, 0.15) is 18.5 Å². The molecule has 2 aromatic carbocycles. The number of piperidine rings is 2. The first-order chi connectivity index (χ1) is 17.0. The first kappa shape index (κ1) is 23.5. The Labute approximate surface area is 204 Å². The monoisotopic (exact) mass is 480 g/mol. The van der Waals surface area contributed by atoms with Crippen molar-refractivity contribution >= 4 is 5.91 Å². The molecule has 8 heteroatoms. The molecule has 2 aliphatic rings. The summed E-state index contributed by atoms with van der Waals surface area (Å²) in [5.74, 6) is -0.192. The molecule has 0 N–H and O–H groups in total. The molecule has 184 valence electrons. The highest BCUT2D eigenvalue weighted by molar-refractivity contribution is 5.76. The van der Waals surface area contributed by atoms with Crippen molar-refractivity contribution in [3.8, 4) is 16.9 Å². The third kappa shape index (κ3) is 5.70. The van der Waals surface area contributed by atoms with Crippen LogP contribution < -0.4 is 4.74 Å². The van der Waals surface area contributed by atoms with Gasteiger partial charge in [0.25, 0.3) is 0 Å². The van der Waals surface area contributed by atoms with Crippen molar-refractivity contribution in [1.82, 2.24) is 19.6 Å². The van der Waals surface area contributed by atoms with E-state index in [-0.39, 0.29) is 30.2 Å². The number of carbonyl (C=O) groups excluding carboxylic acids is 1. The number of hydrogen-bond donors (Lipinski definition) is 0. The average molecular weight is 481 g/mol. The molecule has 35 heavy (non-hydrogen) atoms. The van der Waals surface area contributed by atoms with Gasteiger partial charge < -0.3 is 9.64 Å². The molecular formula is C27H30F2N4O2. The van der Waals surface area contributed by atoms with E-state index in [1.165, 1.54) is 18.2 Å². The molecule has 1 amide bonds. The van der Waals surface area contributed by atoms with Gasteiger partial charge in [0.05, 0.1) is 6.20 Å². The van der Waals surface area contributed by atoms with Crippen molar-refractivity contribution in [2.45, 2.75) is 44.4 Å². The number of halogens is 2. The van der Waals surface area contributed by atoms with E-state index in [1.54, 1.807) is 41.2 Å². The maximum absolute atomic E-state index is 13.9. The second-order valence-corrected chi connectivity index (χ2v) is 9.33. The van der Waals surface area contributed by atoms with Gasteiger partial charge in [-0.05, 0) is 55.5 Å². The highest BCUT2D eigenvalue weighted by atomic mass is 19.1. The standard InChI is InChI=1S/C27H30F2N4O2/c28-22-7-5-20(6-8-22)21-17-30-33(18-21)19-27(34)32-13-9-23(10-14-32)31-15-11-24(12-16-31)35-26-4-2-1-3-25(26)29/h1-8,17-18,23-24H,9-16,19H2. The van der Waals surface area contributed by atoms with Crippen LogP contribution in [0.15, 0.2) is 60.9 Å². The van der Waals surface area contributed by atoms with Gasteiger partial charge in [-0.2, -0.15) is 5.10 Å². The Morgan fingerprint density at radius 2 is 1.63 bits per heavy atom. The van der Waals surface area contributed by atoms with Gasteiger partial charge in [-0.1, -0.05) is 24.3 Å². The number of amides is 1. The molecule has 0 saturated carbocycles. The normalized spacial score (nSPS) is 18.1. The lowest BCUT2D eigenvalue weighted by molar-refractivity contribution is -0.133. The zero-order valence-electron chi connectivity index (χ0n) is 19.7. The number of ether oxygens (including phenoxy) is 1. The number of hydrogen-bond acceptors (Lipinski definition) is 4. The van der Waals surface area contributed by atoms with Crippen LogP contribution in [0.5, 0.6) is 5.75 Å². The smallest absolute Gasteiger partial charge is 0.244 e. The molecule has 0 atom stereocenters. The molecule has 2 saturated heterocycles. The molecule has 0 radical (unpaired) electrons. The predicted molar refractivity (Wildman–Crippen MR) is 129 cm³/mol. The second-order valence-electron chi connectivity index (χ2n) is 9.33. The van der Waals surface area contributed by atoms with Crippen LogP contribution >= 0.6 is 0 Å². The van der Waals surface area contributed by atoms with E-state index < -0.39 is 0 Å². The van der Waals surface area contributed by atoms with E-state index in [0.29, 0.717) is 11.8 Å². The van der Waals surface area contributed by atoms with Crippen LogP contribution in [0.4, 0.5) is 8.78 Å². The zero-order chi connectivity index (χ0) is 24.2. The van der Waals surface area contributed by atoms with Crippen LogP contribution in [0.25, 0.3) is 11.1 Å². The summed E-state index contributed by atoms with van der Waals surface area (Å²) in [6, 6.07) is 13.3. The largest absolute Gasteiger partial charge is 0.487 e. The van der Waals surface area contributed by atoms with E-state index in [2.05, 4.69) is 10.00 Å². The lowest BCUT2D eigenvalue weighted by atomic mass is 9.98. The molecule has 2 aliphatic heterocycles. The summed E-state index contributed by atoms with van der Waals surface area (Å²) in [4.78, 5) is 17.3. The highest BCUT2D eigenvalue weighted by Crippen LogP contribution is 2.25. The molecule has 0 spiro atoms. The lowest BCUT2D eigenvalue weighted by Gasteiger charge is -2.41. The third-order valence-electron chi connectivity index (χ3n) is 7.05. The van der Waals surface area contributed by atoms with Crippen LogP contribution in [-0.4, -0.2) is 63.8 Å². The number of benzene rings is 2. The van der Waals surface area contributed by atoms with Gasteiger partial charge in [0.15, 0.2) is 11.6 Å². The van der Waals surface area contributed by atoms with Crippen LogP contribution in [0.3, 0.4) is 0 Å². The van der Waals surface area contributed by atoms with E-state index in [9.17, 15) is 13.6 Å². The van der Waals surface area contributed by atoms with Gasteiger partial charge in [0.2, 0.25) is 5.91 Å². The first-order valence-electron chi connectivity index (χ1n) is 12.3. The van der Waals surface area contributed by atoms with E-state index >= 15 is 0 Å². The number of carbonyl (C=O) groups is 1. The van der Waals surface area contributed by atoms with Crippen molar-refractivity contribution < 1.29 is 18.3 Å². The molecule has 0 unspecified atom stereocenters. The molecule has 5 rings (SSSR count). The molecule has 2 fully saturated rings. The highest BCUT2D eigenvalue weighted by Gasteiger charge is 2.30. The van der Waals surface area contributed by atoms with Crippen molar-refractivity contribution in [1.29, 1.82) is 0 Å². The van der Waals surface area contributed by atoms with Crippen molar-refractivity contribution in [2.24, 2.45) is 0 Å². The minimum atomic E-state index is -0.311. The molecule has 3 aromatic rings. The minimum absolute atomic E-state index is 0.0405. The van der Waals surface area contributed by atoms with Crippen LogP contribution in [0.2, 0.25) is 0 Å². The minimum Gasteiger partial charge on any atom is -0.487 e. The maximum Gasteiger partial charge on any atom is 0.244 e. The van der Waals surface area contributed by atoms with Crippen LogP contribution in [0, 0.1) is 11.6 Å². The number of likely N-dealkylation sites (tertiary alicyclic amines) is 2. The fourth-order valence-corrected chi connectivity index (χ4v) is 5.04. The molecule has 6 nitrogen and oxygen atoms in total. The van der Waals surface area contributed by atoms with Gasteiger partial charge in [-0.3, -0.25) is 14.4 Å². The lowest BCUT2D eigenvalue weighted by Crippen LogP contribution is -2.50. The van der Waals surface area contributed by atoms with Gasteiger partial charge in [-0.15, -0.1) is 0 Å². The summed E-state index contributed by atoms with van der Waals surface area (Å²) < 4.78 is 34.5. The summed E-state index contributed by atoms with van der Waals surface area (Å²) in [6.45, 7) is 3.53. The van der Waals surface area contributed by atoms with Gasteiger partial charge in [0, 0.05) is 44.0 Å². The quantitative estimate of drug-likeness (QED) is 0.526. The Hall–Kier alpha value is -3.26. The molecule has 0 aliphatic carbocycles. The van der Waals surface area contributed by atoms with Crippen LogP contribution in [0.1, 0.15) is 25.7 Å². The van der Waals surface area contributed by atoms with E-state index in [0.717, 1.165) is 63.0 Å². The number of nitrogens with zero attached hydrogens (tertiary/aromatic N) is 4. The third-order valence-corrected chi connectivity index (χ3v) is 7.05. The average Bonchev–Trinajstić information content (AvgIpc) is 3.35. The first-order valence-corrected chi connectivity index (χ1v) is 12.3. The summed E-state index contributed by atoms with van der Waals surface area (Å²) in [6.07, 6.45) is 7.22. The number of rotatable bonds is 6. The van der Waals surface area contributed by atoms with Crippen molar-refractivity contribution in [2.75, 3.05) is 26.2 Å². The van der Waals surface area contributed by atoms with Crippen LogP contribution in [-0.2, 0) is 11.3 Å². The van der Waals surface area contributed by atoms with E-state index in [4.69, 9.17) is 4.74 Å². The summed E-state index contributed by atoms with van der Waals surface area (Å²) >= 11 is 0. The Kier molecular flexibility index (Phi) is 7.08. The maximum atomic E-state index is 13.9. The predicted octanol–water partition coefficient (Wildman–Crippen LogP) is 4.36. The Morgan fingerprint density at radius 1 is 0.914 bits per heavy atom. The number of para-hydroxylation sites is 1. The SMILES string of the molecule is O=C(Cn1cc(-c2ccc(F)cc2)cn1)N1CCC(N2CCC(Oc3ccccc3F)CC2)CC1. The fourth-order valence-electron chi connectivity index (χ4n) is 5.04. The van der Waals surface area contributed by atoms with E-state index in [1.807, 2.05) is 11.1 Å². The van der Waals surface area contributed by atoms with Gasteiger partial charge in [-0.25, -0.2) is 8.78 Å². The fraction of sp³-hybridized carbons (Fsp3) is 0.407. The summed E-state index contributed by atoms with van der Waals surface area (Å²) in [7, 11) is 0. The topological polar surface area (TPSA) is 50.6 Å². The van der Waals surface area contributed by atoms with Gasteiger partial charge >= 0.3 is 0 Å². The zero-order valence-corrected chi connectivity index (χ0v) is 19.7. The Bertz CT molecular complexity index is 1130. The van der Waals surface area contributed by atoms with Crippen molar-refractivity contribution in [3.63, 3.8) is 0 Å².